The Morgan fingerprint density at radius 2 is 2.00 bits per heavy atom. The van der Waals surface area contributed by atoms with Gasteiger partial charge in [-0.1, -0.05) is 12.1 Å². The zero-order valence-corrected chi connectivity index (χ0v) is 14.5. The van der Waals surface area contributed by atoms with Crippen molar-refractivity contribution in [3.05, 3.63) is 36.2 Å². The van der Waals surface area contributed by atoms with Gasteiger partial charge in [0.05, 0.1) is 29.7 Å². The molecule has 1 aromatic carbocycles. The second-order valence-corrected chi connectivity index (χ2v) is 6.42. The number of rotatable bonds is 4. The van der Waals surface area contributed by atoms with Gasteiger partial charge in [-0.15, -0.1) is 0 Å². The Morgan fingerprint density at radius 3 is 2.73 bits per heavy atom. The number of hydrogen-bond donors (Lipinski definition) is 1. The first-order chi connectivity index (χ1) is 12.5. The standard InChI is InChI=1S/C18H20N4O4/c1-21(11-16(23)22-8-4-5-12(10-22)18(25)26)17(24)15-9-19-13-6-2-3-7-14(13)20-15/h2-3,6-7,9,12H,4-5,8,10-11H2,1H3,(H,25,26). The smallest absolute Gasteiger partial charge is 0.308 e. The molecule has 0 spiro atoms. The molecule has 1 N–H and O–H groups in total. The van der Waals surface area contributed by atoms with Crippen LogP contribution in [0, 0.1) is 5.92 Å². The number of fused-ring (bicyclic) bond motifs is 1. The van der Waals surface area contributed by atoms with Crippen LogP contribution in [0.3, 0.4) is 0 Å². The number of piperidine rings is 1. The Morgan fingerprint density at radius 1 is 1.27 bits per heavy atom. The average molecular weight is 356 g/mol. The van der Waals surface area contributed by atoms with Crippen LogP contribution in [0.25, 0.3) is 11.0 Å². The maximum Gasteiger partial charge on any atom is 0.308 e. The van der Waals surface area contributed by atoms with Gasteiger partial charge in [0.25, 0.3) is 5.91 Å². The number of amides is 2. The minimum Gasteiger partial charge on any atom is -0.481 e. The predicted octanol–water partition coefficient (Wildman–Crippen LogP) is 1.02. The second-order valence-electron chi connectivity index (χ2n) is 6.42. The van der Waals surface area contributed by atoms with E-state index in [1.807, 2.05) is 12.1 Å². The summed E-state index contributed by atoms with van der Waals surface area (Å²) in [6, 6.07) is 7.23. The minimum atomic E-state index is -0.890. The molecule has 1 aliphatic rings. The molecular formula is C18H20N4O4. The largest absolute Gasteiger partial charge is 0.481 e. The number of likely N-dealkylation sites (tertiary alicyclic amines) is 1. The molecule has 1 atom stereocenters. The van der Waals surface area contributed by atoms with Gasteiger partial charge in [-0.05, 0) is 25.0 Å². The highest BCUT2D eigenvalue weighted by Crippen LogP contribution is 2.17. The molecule has 1 saturated heterocycles. The number of benzene rings is 1. The average Bonchev–Trinajstić information content (AvgIpc) is 2.67. The van der Waals surface area contributed by atoms with E-state index in [9.17, 15) is 14.4 Å². The second kappa shape index (κ2) is 7.47. The number of aliphatic carboxylic acids is 1. The van der Waals surface area contributed by atoms with E-state index in [1.165, 1.54) is 23.0 Å². The van der Waals surface area contributed by atoms with Crippen LogP contribution in [0.15, 0.2) is 30.5 Å². The first kappa shape index (κ1) is 17.8. The molecule has 2 heterocycles. The van der Waals surface area contributed by atoms with Gasteiger partial charge in [-0.2, -0.15) is 0 Å². The van der Waals surface area contributed by atoms with Crippen LogP contribution in [0.1, 0.15) is 23.3 Å². The maximum absolute atomic E-state index is 12.5. The molecule has 2 aromatic rings. The molecule has 0 aliphatic carbocycles. The SMILES string of the molecule is CN(CC(=O)N1CCCC(C(=O)O)C1)C(=O)c1cnc2ccccc2n1. The number of carboxylic acids is 1. The normalized spacial score (nSPS) is 17.1. The van der Waals surface area contributed by atoms with Gasteiger partial charge >= 0.3 is 5.97 Å². The van der Waals surface area contributed by atoms with Crippen LogP contribution in [-0.2, 0) is 9.59 Å². The predicted molar refractivity (Wildman–Crippen MR) is 93.4 cm³/mol. The van der Waals surface area contributed by atoms with Gasteiger partial charge in [-0.3, -0.25) is 19.4 Å². The lowest BCUT2D eigenvalue weighted by Gasteiger charge is -2.31. The molecule has 0 bridgehead atoms. The van der Waals surface area contributed by atoms with Crippen molar-refractivity contribution in [3.8, 4) is 0 Å². The zero-order chi connectivity index (χ0) is 18.7. The van der Waals surface area contributed by atoms with E-state index < -0.39 is 17.8 Å². The van der Waals surface area contributed by atoms with Crippen molar-refractivity contribution in [2.24, 2.45) is 5.92 Å². The Kier molecular flexibility index (Phi) is 5.11. The van der Waals surface area contributed by atoms with E-state index in [-0.39, 0.29) is 24.7 Å². The molecule has 2 amide bonds. The summed E-state index contributed by atoms with van der Waals surface area (Å²) < 4.78 is 0. The number of para-hydroxylation sites is 2. The molecule has 136 valence electrons. The number of carbonyl (C=O) groups is 3. The van der Waals surface area contributed by atoms with Crippen molar-refractivity contribution in [3.63, 3.8) is 0 Å². The maximum atomic E-state index is 12.5. The van der Waals surface area contributed by atoms with Crippen LogP contribution >= 0.6 is 0 Å². The fraction of sp³-hybridized carbons (Fsp3) is 0.389. The molecule has 26 heavy (non-hydrogen) atoms. The summed E-state index contributed by atoms with van der Waals surface area (Å²) in [6.07, 6.45) is 2.62. The van der Waals surface area contributed by atoms with Gasteiger partial charge in [0.2, 0.25) is 5.91 Å². The summed E-state index contributed by atoms with van der Waals surface area (Å²) in [4.78, 5) is 47.4. The van der Waals surface area contributed by atoms with Crippen LogP contribution < -0.4 is 0 Å². The minimum absolute atomic E-state index is 0.125. The van der Waals surface area contributed by atoms with Gasteiger partial charge in [0.15, 0.2) is 0 Å². The van der Waals surface area contributed by atoms with Crippen molar-refractivity contribution >= 4 is 28.8 Å². The third kappa shape index (κ3) is 3.79. The molecule has 0 radical (unpaired) electrons. The number of nitrogens with zero attached hydrogens (tertiary/aromatic N) is 4. The number of carbonyl (C=O) groups excluding carboxylic acids is 2. The first-order valence-electron chi connectivity index (χ1n) is 8.43. The zero-order valence-electron chi connectivity index (χ0n) is 14.5. The lowest BCUT2D eigenvalue weighted by molar-refractivity contribution is -0.145. The Labute approximate surface area is 150 Å². The highest BCUT2D eigenvalue weighted by atomic mass is 16.4. The molecule has 8 heteroatoms. The van der Waals surface area contributed by atoms with Crippen molar-refractivity contribution in [1.29, 1.82) is 0 Å². The van der Waals surface area contributed by atoms with E-state index in [0.717, 1.165) is 0 Å². The Bertz CT molecular complexity index is 854. The van der Waals surface area contributed by atoms with E-state index in [4.69, 9.17) is 5.11 Å². The summed E-state index contributed by atoms with van der Waals surface area (Å²) in [5.74, 6) is -2.10. The first-order valence-corrected chi connectivity index (χ1v) is 8.43. The molecule has 1 unspecified atom stereocenters. The molecule has 1 aliphatic heterocycles. The highest BCUT2D eigenvalue weighted by Gasteiger charge is 2.29. The van der Waals surface area contributed by atoms with Crippen molar-refractivity contribution in [2.45, 2.75) is 12.8 Å². The van der Waals surface area contributed by atoms with Crippen molar-refractivity contribution in [2.75, 3.05) is 26.7 Å². The van der Waals surface area contributed by atoms with E-state index in [2.05, 4.69) is 9.97 Å². The van der Waals surface area contributed by atoms with Gasteiger partial charge in [0, 0.05) is 20.1 Å². The summed E-state index contributed by atoms with van der Waals surface area (Å²) in [5, 5.41) is 9.13. The van der Waals surface area contributed by atoms with Crippen LogP contribution in [-0.4, -0.2) is 69.3 Å². The number of aromatic nitrogens is 2. The van der Waals surface area contributed by atoms with Gasteiger partial charge in [-0.25, -0.2) is 4.98 Å². The summed E-state index contributed by atoms with van der Waals surface area (Å²) in [5.41, 5.74) is 1.47. The number of hydrogen-bond acceptors (Lipinski definition) is 5. The fourth-order valence-corrected chi connectivity index (χ4v) is 3.04. The monoisotopic (exact) mass is 356 g/mol. The molecular weight excluding hydrogens is 336 g/mol. The number of likely N-dealkylation sites (N-methyl/N-ethyl adjacent to an activating group) is 1. The highest BCUT2D eigenvalue weighted by molar-refractivity contribution is 5.96. The van der Waals surface area contributed by atoms with Gasteiger partial charge < -0.3 is 14.9 Å². The van der Waals surface area contributed by atoms with Crippen LogP contribution in [0.5, 0.6) is 0 Å². The third-order valence-corrected chi connectivity index (χ3v) is 4.51. The van der Waals surface area contributed by atoms with E-state index >= 15 is 0 Å². The van der Waals surface area contributed by atoms with Gasteiger partial charge in [0.1, 0.15) is 5.69 Å². The quantitative estimate of drug-likeness (QED) is 0.877. The van der Waals surface area contributed by atoms with E-state index in [1.54, 1.807) is 12.1 Å². The van der Waals surface area contributed by atoms with E-state index in [0.29, 0.717) is 30.4 Å². The summed E-state index contributed by atoms with van der Waals surface area (Å²) in [7, 11) is 1.52. The van der Waals surface area contributed by atoms with Crippen molar-refractivity contribution < 1.29 is 19.5 Å². The molecule has 1 fully saturated rings. The number of carboxylic acid groups (broad SMARTS) is 1. The summed E-state index contributed by atoms with van der Waals surface area (Å²) in [6.45, 7) is 0.575. The Balaban J connectivity index is 1.66. The van der Waals surface area contributed by atoms with Crippen LogP contribution in [0.4, 0.5) is 0 Å². The molecule has 8 nitrogen and oxygen atoms in total. The molecule has 3 rings (SSSR count). The topological polar surface area (TPSA) is 104 Å². The fourth-order valence-electron chi connectivity index (χ4n) is 3.04. The van der Waals surface area contributed by atoms with Crippen LogP contribution in [0.2, 0.25) is 0 Å². The lowest BCUT2D eigenvalue weighted by atomic mass is 9.98. The lowest BCUT2D eigenvalue weighted by Crippen LogP contribution is -2.47. The Hall–Kier alpha value is -3.03. The van der Waals surface area contributed by atoms with Crippen molar-refractivity contribution in [1.82, 2.24) is 19.8 Å². The molecule has 0 saturated carbocycles. The third-order valence-electron chi connectivity index (χ3n) is 4.51. The molecule has 1 aromatic heterocycles. The summed E-state index contributed by atoms with van der Waals surface area (Å²) >= 11 is 0.